The summed E-state index contributed by atoms with van der Waals surface area (Å²) in [6.45, 7) is 7.69. The van der Waals surface area contributed by atoms with Crippen LogP contribution in [0.1, 0.15) is 11.1 Å². The van der Waals surface area contributed by atoms with Crippen molar-refractivity contribution >= 4 is 12.0 Å². The zero-order chi connectivity index (χ0) is 12.7. The molecule has 0 spiro atoms. The van der Waals surface area contributed by atoms with Gasteiger partial charge in [0.2, 0.25) is 0 Å². The van der Waals surface area contributed by atoms with Gasteiger partial charge in [0, 0.05) is 0 Å². The number of hydrogen-bond donors (Lipinski definition) is 0. The van der Waals surface area contributed by atoms with Gasteiger partial charge in [-0.2, -0.15) is 5.26 Å². The third kappa shape index (κ3) is 3.80. The van der Waals surface area contributed by atoms with Gasteiger partial charge in [-0.15, -0.1) is 0 Å². The topological polar surface area (TPSA) is 50.1 Å². The van der Waals surface area contributed by atoms with Gasteiger partial charge < -0.3 is 4.74 Å². The summed E-state index contributed by atoms with van der Waals surface area (Å²) in [7, 11) is 0. The standard InChI is InChI=1S/C14H11NO2/c1-11(3-4-12(2)17-10-16)14-7-5-13(9-15)6-8-14/h3-8,10H,1-2H2/b4-3-. The van der Waals surface area contributed by atoms with Crippen LogP contribution in [-0.2, 0) is 9.53 Å². The number of allylic oxidation sites excluding steroid dienone is 3. The molecule has 0 aliphatic carbocycles. The Morgan fingerprint density at radius 1 is 1.24 bits per heavy atom. The van der Waals surface area contributed by atoms with Crippen molar-refractivity contribution in [2.75, 3.05) is 0 Å². The maximum absolute atomic E-state index is 10.0. The second kappa shape index (κ2) is 6.09. The van der Waals surface area contributed by atoms with E-state index in [-0.39, 0.29) is 5.76 Å². The molecule has 0 atom stereocenters. The lowest BCUT2D eigenvalue weighted by atomic mass is 10.1. The first-order chi connectivity index (χ1) is 8.17. The van der Waals surface area contributed by atoms with Crippen molar-refractivity contribution in [3.8, 4) is 6.07 Å². The minimum atomic E-state index is 0.245. The number of rotatable bonds is 5. The maximum atomic E-state index is 10.0. The van der Waals surface area contributed by atoms with Crippen molar-refractivity contribution in [1.82, 2.24) is 0 Å². The van der Waals surface area contributed by atoms with Gasteiger partial charge in [0.25, 0.3) is 6.47 Å². The van der Waals surface area contributed by atoms with Crippen molar-refractivity contribution in [2.24, 2.45) is 0 Å². The summed E-state index contributed by atoms with van der Waals surface area (Å²) in [6.07, 6.45) is 3.24. The van der Waals surface area contributed by atoms with E-state index in [1.807, 2.05) is 6.07 Å². The molecule has 0 aliphatic rings. The lowest BCUT2D eigenvalue weighted by Gasteiger charge is -2.00. The first-order valence-electron chi connectivity index (χ1n) is 4.84. The molecule has 1 aromatic carbocycles. The van der Waals surface area contributed by atoms with E-state index in [1.165, 1.54) is 0 Å². The zero-order valence-corrected chi connectivity index (χ0v) is 9.22. The highest BCUT2D eigenvalue weighted by Crippen LogP contribution is 2.15. The third-order valence-corrected chi connectivity index (χ3v) is 2.05. The van der Waals surface area contributed by atoms with Crippen LogP contribution in [0.25, 0.3) is 5.57 Å². The van der Waals surface area contributed by atoms with E-state index in [0.29, 0.717) is 12.0 Å². The highest BCUT2D eigenvalue weighted by Gasteiger charge is 1.96. The number of hydrogen-bond acceptors (Lipinski definition) is 3. The van der Waals surface area contributed by atoms with Gasteiger partial charge in [-0.05, 0) is 29.3 Å². The Morgan fingerprint density at radius 3 is 2.41 bits per heavy atom. The molecular weight excluding hydrogens is 214 g/mol. The predicted molar refractivity (Wildman–Crippen MR) is 65.6 cm³/mol. The quantitative estimate of drug-likeness (QED) is 0.440. The van der Waals surface area contributed by atoms with Crippen LogP contribution in [-0.4, -0.2) is 6.47 Å². The molecule has 3 heteroatoms. The van der Waals surface area contributed by atoms with E-state index in [9.17, 15) is 4.79 Å². The normalized spacial score (nSPS) is 9.59. The molecule has 0 fully saturated rings. The smallest absolute Gasteiger partial charge is 0.298 e. The molecule has 0 saturated heterocycles. The molecule has 0 N–H and O–H groups in total. The van der Waals surface area contributed by atoms with Crippen LogP contribution in [0.3, 0.4) is 0 Å². The minimum absolute atomic E-state index is 0.245. The molecule has 1 rings (SSSR count). The fraction of sp³-hybridized carbons (Fsp3) is 0. The average Bonchev–Trinajstić information content (AvgIpc) is 2.36. The molecular formula is C14H11NO2. The Morgan fingerprint density at radius 2 is 1.88 bits per heavy atom. The SMILES string of the molecule is C=C(/C=C\C(=C)c1ccc(C#N)cc1)OC=O. The van der Waals surface area contributed by atoms with E-state index in [1.54, 1.807) is 36.4 Å². The highest BCUT2D eigenvalue weighted by molar-refractivity contribution is 5.72. The van der Waals surface area contributed by atoms with Crippen LogP contribution in [0.15, 0.2) is 55.3 Å². The molecule has 0 amide bonds. The van der Waals surface area contributed by atoms with Gasteiger partial charge in [0.15, 0.2) is 0 Å². The number of nitriles is 1. The summed E-state index contributed by atoms with van der Waals surface area (Å²) in [4.78, 5) is 10.0. The Kier molecular flexibility index (Phi) is 4.46. The number of benzene rings is 1. The number of ether oxygens (including phenoxy) is 1. The second-order valence-electron chi connectivity index (χ2n) is 3.23. The molecule has 0 heterocycles. The van der Waals surface area contributed by atoms with Crippen LogP contribution in [0.2, 0.25) is 0 Å². The van der Waals surface area contributed by atoms with E-state index >= 15 is 0 Å². The number of carbonyl (C=O) groups excluding carboxylic acids is 1. The maximum Gasteiger partial charge on any atom is 0.298 e. The van der Waals surface area contributed by atoms with Gasteiger partial charge in [0.1, 0.15) is 5.76 Å². The first kappa shape index (κ1) is 12.5. The van der Waals surface area contributed by atoms with Gasteiger partial charge in [0.05, 0.1) is 11.6 Å². The molecule has 17 heavy (non-hydrogen) atoms. The molecule has 0 aromatic heterocycles. The third-order valence-electron chi connectivity index (χ3n) is 2.05. The summed E-state index contributed by atoms with van der Waals surface area (Å²) in [5, 5.41) is 8.65. The summed E-state index contributed by atoms with van der Waals surface area (Å²) >= 11 is 0. The van der Waals surface area contributed by atoms with Gasteiger partial charge in [-0.1, -0.05) is 31.4 Å². The monoisotopic (exact) mass is 225 g/mol. The summed E-state index contributed by atoms with van der Waals surface area (Å²) in [5.74, 6) is 0.245. The predicted octanol–water partition coefficient (Wildman–Crippen LogP) is 2.81. The molecule has 0 saturated carbocycles. The van der Waals surface area contributed by atoms with Crippen molar-refractivity contribution in [1.29, 1.82) is 5.26 Å². The Balaban J connectivity index is 2.73. The molecule has 0 aliphatic heterocycles. The van der Waals surface area contributed by atoms with Crippen molar-refractivity contribution in [3.05, 3.63) is 66.5 Å². The Labute approximate surface area is 99.9 Å². The largest absolute Gasteiger partial charge is 0.429 e. The van der Waals surface area contributed by atoms with E-state index < -0.39 is 0 Å². The Bertz CT molecular complexity index is 504. The minimum Gasteiger partial charge on any atom is -0.429 e. The van der Waals surface area contributed by atoms with Crippen molar-refractivity contribution in [2.45, 2.75) is 0 Å². The summed E-state index contributed by atoms with van der Waals surface area (Å²) in [6, 6.07) is 9.07. The zero-order valence-electron chi connectivity index (χ0n) is 9.22. The van der Waals surface area contributed by atoms with Crippen LogP contribution < -0.4 is 0 Å². The van der Waals surface area contributed by atoms with Gasteiger partial charge in [-0.3, -0.25) is 4.79 Å². The average molecular weight is 225 g/mol. The highest BCUT2D eigenvalue weighted by atomic mass is 16.5. The van der Waals surface area contributed by atoms with Crippen molar-refractivity contribution < 1.29 is 9.53 Å². The van der Waals surface area contributed by atoms with Gasteiger partial charge in [-0.25, -0.2) is 0 Å². The van der Waals surface area contributed by atoms with Gasteiger partial charge >= 0.3 is 0 Å². The van der Waals surface area contributed by atoms with Crippen LogP contribution in [0.5, 0.6) is 0 Å². The summed E-state index contributed by atoms with van der Waals surface area (Å²) < 4.78 is 4.52. The lowest BCUT2D eigenvalue weighted by Crippen LogP contribution is -1.84. The second-order valence-corrected chi connectivity index (χ2v) is 3.23. The molecule has 3 nitrogen and oxygen atoms in total. The molecule has 0 unspecified atom stereocenters. The summed E-state index contributed by atoms with van der Waals surface area (Å²) in [5.41, 5.74) is 2.23. The van der Waals surface area contributed by atoms with E-state index in [0.717, 1.165) is 11.1 Å². The number of nitrogens with zero attached hydrogens (tertiary/aromatic N) is 1. The van der Waals surface area contributed by atoms with Crippen LogP contribution >= 0.6 is 0 Å². The number of carbonyl (C=O) groups is 1. The first-order valence-corrected chi connectivity index (χ1v) is 4.84. The molecule has 0 bridgehead atoms. The van der Waals surface area contributed by atoms with Crippen LogP contribution in [0, 0.1) is 11.3 Å². The molecule has 84 valence electrons. The fourth-order valence-corrected chi connectivity index (χ4v) is 1.15. The Hall–Kier alpha value is -2.60. The molecule has 0 radical (unpaired) electrons. The van der Waals surface area contributed by atoms with Crippen molar-refractivity contribution in [3.63, 3.8) is 0 Å². The van der Waals surface area contributed by atoms with Crippen LogP contribution in [0.4, 0.5) is 0 Å². The van der Waals surface area contributed by atoms with E-state index in [4.69, 9.17) is 5.26 Å². The molecule has 1 aromatic rings. The fourth-order valence-electron chi connectivity index (χ4n) is 1.15. The van der Waals surface area contributed by atoms with E-state index in [2.05, 4.69) is 17.9 Å². The lowest BCUT2D eigenvalue weighted by molar-refractivity contribution is -0.124.